The van der Waals surface area contributed by atoms with Crippen molar-refractivity contribution in [2.45, 2.75) is 31.9 Å². The lowest BCUT2D eigenvalue weighted by atomic mass is 10.0. The highest BCUT2D eigenvalue weighted by Gasteiger charge is 2.18. The summed E-state index contributed by atoms with van der Waals surface area (Å²) in [5, 5.41) is 3.54. The van der Waals surface area contributed by atoms with Gasteiger partial charge in [-0.15, -0.1) is 0 Å². The Labute approximate surface area is 99.1 Å². The second-order valence-corrected chi connectivity index (χ2v) is 4.97. The summed E-state index contributed by atoms with van der Waals surface area (Å²) in [5.74, 6) is 0. The van der Waals surface area contributed by atoms with E-state index in [0.29, 0.717) is 12.1 Å². The normalized spacial score (nSPS) is 26.3. The SMILES string of the molecule is CC1CC(Nc2ccc(Br)cc2)CCO1. The maximum absolute atomic E-state index is 5.52. The van der Waals surface area contributed by atoms with Crippen molar-refractivity contribution in [1.82, 2.24) is 0 Å². The summed E-state index contributed by atoms with van der Waals surface area (Å²) in [6, 6.07) is 8.87. The topological polar surface area (TPSA) is 21.3 Å². The van der Waals surface area contributed by atoms with Gasteiger partial charge in [-0.3, -0.25) is 0 Å². The Bertz CT molecular complexity index is 312. The molecule has 1 aromatic carbocycles. The van der Waals surface area contributed by atoms with E-state index in [-0.39, 0.29) is 0 Å². The van der Waals surface area contributed by atoms with Crippen LogP contribution in [0.2, 0.25) is 0 Å². The molecule has 2 nitrogen and oxygen atoms in total. The van der Waals surface area contributed by atoms with Gasteiger partial charge in [0.1, 0.15) is 0 Å². The van der Waals surface area contributed by atoms with E-state index in [1.807, 2.05) is 0 Å². The van der Waals surface area contributed by atoms with Gasteiger partial charge in [0.15, 0.2) is 0 Å². The lowest BCUT2D eigenvalue weighted by molar-refractivity contribution is 0.0232. The first-order valence-electron chi connectivity index (χ1n) is 5.38. The first-order chi connectivity index (χ1) is 7.24. The van der Waals surface area contributed by atoms with E-state index >= 15 is 0 Å². The Morgan fingerprint density at radius 2 is 2.07 bits per heavy atom. The third kappa shape index (κ3) is 3.21. The fraction of sp³-hybridized carbons (Fsp3) is 0.500. The van der Waals surface area contributed by atoms with Gasteiger partial charge in [0.05, 0.1) is 6.10 Å². The second kappa shape index (κ2) is 4.99. The van der Waals surface area contributed by atoms with Crippen LogP contribution in [0.1, 0.15) is 19.8 Å². The molecule has 15 heavy (non-hydrogen) atoms. The van der Waals surface area contributed by atoms with Crippen LogP contribution in [0.3, 0.4) is 0 Å². The molecule has 1 saturated heterocycles. The van der Waals surface area contributed by atoms with Crippen LogP contribution in [0.25, 0.3) is 0 Å². The minimum absolute atomic E-state index is 0.381. The van der Waals surface area contributed by atoms with Crippen molar-refractivity contribution >= 4 is 21.6 Å². The van der Waals surface area contributed by atoms with Gasteiger partial charge in [-0.25, -0.2) is 0 Å². The molecule has 0 amide bonds. The highest BCUT2D eigenvalue weighted by molar-refractivity contribution is 9.10. The molecule has 2 unspecified atom stereocenters. The van der Waals surface area contributed by atoms with E-state index in [1.54, 1.807) is 0 Å². The number of anilines is 1. The number of benzene rings is 1. The lowest BCUT2D eigenvalue weighted by Crippen LogP contribution is -2.32. The molecule has 0 saturated carbocycles. The van der Waals surface area contributed by atoms with Gasteiger partial charge >= 0.3 is 0 Å². The zero-order valence-electron chi connectivity index (χ0n) is 8.87. The monoisotopic (exact) mass is 269 g/mol. The number of nitrogens with one attached hydrogen (secondary N) is 1. The van der Waals surface area contributed by atoms with Crippen LogP contribution in [0, 0.1) is 0 Å². The predicted molar refractivity (Wildman–Crippen MR) is 66.2 cm³/mol. The Morgan fingerprint density at radius 1 is 1.33 bits per heavy atom. The molecule has 1 aliphatic rings. The molecule has 0 aliphatic carbocycles. The van der Waals surface area contributed by atoms with Crippen LogP contribution >= 0.6 is 15.9 Å². The largest absolute Gasteiger partial charge is 0.382 e. The fourth-order valence-electron chi connectivity index (χ4n) is 1.91. The number of ether oxygens (including phenoxy) is 1. The number of halogens is 1. The lowest BCUT2D eigenvalue weighted by Gasteiger charge is -2.28. The number of rotatable bonds is 2. The first kappa shape index (κ1) is 11.0. The van der Waals surface area contributed by atoms with E-state index in [9.17, 15) is 0 Å². The van der Waals surface area contributed by atoms with Gasteiger partial charge in [-0.1, -0.05) is 15.9 Å². The Morgan fingerprint density at radius 3 is 2.73 bits per heavy atom. The van der Waals surface area contributed by atoms with E-state index in [4.69, 9.17) is 4.74 Å². The summed E-state index contributed by atoms with van der Waals surface area (Å²) in [7, 11) is 0. The highest BCUT2D eigenvalue weighted by atomic mass is 79.9. The third-order valence-corrected chi connectivity index (χ3v) is 3.23. The number of hydrogen-bond donors (Lipinski definition) is 1. The quantitative estimate of drug-likeness (QED) is 0.889. The predicted octanol–water partition coefficient (Wildman–Crippen LogP) is 3.43. The molecule has 0 bridgehead atoms. The van der Waals surface area contributed by atoms with Crippen molar-refractivity contribution in [2.24, 2.45) is 0 Å². The van der Waals surface area contributed by atoms with Crippen molar-refractivity contribution in [2.75, 3.05) is 11.9 Å². The summed E-state index contributed by atoms with van der Waals surface area (Å²) < 4.78 is 6.64. The Kier molecular flexibility index (Phi) is 3.65. The van der Waals surface area contributed by atoms with Gasteiger partial charge in [-0.05, 0) is 44.0 Å². The van der Waals surface area contributed by atoms with Crippen LogP contribution in [-0.4, -0.2) is 18.8 Å². The van der Waals surface area contributed by atoms with Crippen LogP contribution < -0.4 is 5.32 Å². The fourth-order valence-corrected chi connectivity index (χ4v) is 2.18. The van der Waals surface area contributed by atoms with Crippen molar-refractivity contribution in [3.8, 4) is 0 Å². The van der Waals surface area contributed by atoms with Gasteiger partial charge in [0.25, 0.3) is 0 Å². The van der Waals surface area contributed by atoms with Gasteiger partial charge in [0.2, 0.25) is 0 Å². The molecule has 3 heteroatoms. The molecule has 1 heterocycles. The standard InChI is InChI=1S/C12H16BrNO/c1-9-8-12(6-7-15-9)14-11-4-2-10(13)3-5-11/h2-5,9,12,14H,6-8H2,1H3. The smallest absolute Gasteiger partial charge is 0.0566 e. The molecule has 1 N–H and O–H groups in total. The van der Waals surface area contributed by atoms with Crippen LogP contribution in [0.4, 0.5) is 5.69 Å². The van der Waals surface area contributed by atoms with Gasteiger partial charge in [0, 0.05) is 22.8 Å². The minimum atomic E-state index is 0.381. The molecule has 1 aliphatic heterocycles. The van der Waals surface area contributed by atoms with E-state index in [2.05, 4.69) is 52.4 Å². The summed E-state index contributed by atoms with van der Waals surface area (Å²) in [6.45, 7) is 3.00. The maximum Gasteiger partial charge on any atom is 0.0566 e. The summed E-state index contributed by atoms with van der Waals surface area (Å²) >= 11 is 3.43. The Balaban J connectivity index is 1.93. The van der Waals surface area contributed by atoms with Crippen molar-refractivity contribution in [1.29, 1.82) is 0 Å². The molecule has 1 fully saturated rings. The second-order valence-electron chi connectivity index (χ2n) is 4.05. The molecule has 0 radical (unpaired) electrons. The van der Waals surface area contributed by atoms with Gasteiger partial charge < -0.3 is 10.1 Å². The third-order valence-electron chi connectivity index (χ3n) is 2.70. The van der Waals surface area contributed by atoms with Crippen LogP contribution in [0.5, 0.6) is 0 Å². The van der Waals surface area contributed by atoms with Crippen LogP contribution in [-0.2, 0) is 4.74 Å². The first-order valence-corrected chi connectivity index (χ1v) is 6.17. The molecule has 2 rings (SSSR count). The van der Waals surface area contributed by atoms with Crippen LogP contribution in [0.15, 0.2) is 28.7 Å². The average molecular weight is 270 g/mol. The molecule has 1 aromatic rings. The maximum atomic E-state index is 5.52. The Hall–Kier alpha value is -0.540. The van der Waals surface area contributed by atoms with Crippen molar-refractivity contribution in [3.05, 3.63) is 28.7 Å². The zero-order valence-corrected chi connectivity index (χ0v) is 10.5. The summed E-state index contributed by atoms with van der Waals surface area (Å²) in [6.07, 6.45) is 2.57. The van der Waals surface area contributed by atoms with Crippen molar-refractivity contribution < 1.29 is 4.74 Å². The van der Waals surface area contributed by atoms with E-state index in [0.717, 1.165) is 23.9 Å². The van der Waals surface area contributed by atoms with E-state index in [1.165, 1.54) is 5.69 Å². The van der Waals surface area contributed by atoms with E-state index < -0.39 is 0 Å². The van der Waals surface area contributed by atoms with Gasteiger partial charge in [-0.2, -0.15) is 0 Å². The van der Waals surface area contributed by atoms with Crippen molar-refractivity contribution in [3.63, 3.8) is 0 Å². The summed E-state index contributed by atoms with van der Waals surface area (Å²) in [5.41, 5.74) is 1.19. The highest BCUT2D eigenvalue weighted by Crippen LogP contribution is 2.20. The molecule has 0 spiro atoms. The zero-order chi connectivity index (χ0) is 10.7. The molecular formula is C12H16BrNO. The molecule has 82 valence electrons. The molecule has 2 atom stereocenters. The number of hydrogen-bond acceptors (Lipinski definition) is 2. The molecule has 0 aromatic heterocycles. The minimum Gasteiger partial charge on any atom is -0.382 e. The molecular weight excluding hydrogens is 254 g/mol. The summed E-state index contributed by atoms with van der Waals surface area (Å²) in [4.78, 5) is 0. The average Bonchev–Trinajstić information content (AvgIpc) is 2.22.